The molecule has 0 radical (unpaired) electrons. The average Bonchev–Trinajstić information content (AvgIpc) is 3.08. The van der Waals surface area contributed by atoms with E-state index in [1.165, 1.54) is 21.0 Å². The second-order valence-corrected chi connectivity index (χ2v) is 13.4. The van der Waals surface area contributed by atoms with Gasteiger partial charge in [-0.3, -0.25) is 14.4 Å². The topological polar surface area (TPSA) is 328 Å². The number of ether oxygens (including phenoxy) is 8. The quantitative estimate of drug-likeness (QED) is 0.0833. The van der Waals surface area contributed by atoms with Crippen LogP contribution in [0.2, 0.25) is 0 Å². The Hall–Kier alpha value is -2.52. The van der Waals surface area contributed by atoms with Gasteiger partial charge in [-0.2, -0.15) is 0 Å². The Bertz CT molecular complexity index is 1280. The van der Waals surface area contributed by atoms with E-state index in [1.54, 1.807) is 0 Å². The van der Waals surface area contributed by atoms with Crippen LogP contribution in [0.1, 0.15) is 34.1 Å². The number of ketones is 1. The van der Waals surface area contributed by atoms with Gasteiger partial charge in [-0.05, 0) is 13.8 Å². The van der Waals surface area contributed by atoms with Crippen LogP contribution >= 0.6 is 0 Å². The number of hydrogen-bond acceptors (Lipinski definition) is 19. The molecule has 0 saturated carbocycles. The van der Waals surface area contributed by atoms with Crippen molar-refractivity contribution in [1.29, 1.82) is 0 Å². The van der Waals surface area contributed by atoms with E-state index >= 15 is 0 Å². The van der Waals surface area contributed by atoms with Crippen LogP contribution < -0.4 is 10.6 Å². The summed E-state index contributed by atoms with van der Waals surface area (Å²) in [6, 6.07) is -2.72. The molecule has 53 heavy (non-hydrogen) atoms. The first-order valence-corrected chi connectivity index (χ1v) is 16.9. The molecule has 19 atom stereocenters. The van der Waals surface area contributed by atoms with Gasteiger partial charge in [-0.1, -0.05) is 0 Å². The van der Waals surface area contributed by atoms with E-state index < -0.39 is 160 Å². The van der Waals surface area contributed by atoms with E-state index in [0.717, 1.165) is 13.8 Å². The fraction of sp³-hybridized carbons (Fsp3) is 0.871. The summed E-state index contributed by atoms with van der Waals surface area (Å²) < 4.78 is 45.7. The Morgan fingerprint density at radius 3 is 1.66 bits per heavy atom. The molecule has 4 aliphatic rings. The number of carboxylic acid groups (broad SMARTS) is 1. The summed E-state index contributed by atoms with van der Waals surface area (Å²) in [4.78, 5) is 49.4. The van der Waals surface area contributed by atoms with Gasteiger partial charge in [0.05, 0.1) is 25.4 Å². The number of methoxy groups -OCH3 is 1. The molecule has 0 bridgehead atoms. The molecule has 0 aliphatic carbocycles. The molecule has 22 nitrogen and oxygen atoms in total. The van der Waals surface area contributed by atoms with Crippen LogP contribution in [0.4, 0.5) is 0 Å². The highest BCUT2D eigenvalue weighted by atomic mass is 16.7. The van der Waals surface area contributed by atoms with Gasteiger partial charge in [-0.25, -0.2) is 4.79 Å². The summed E-state index contributed by atoms with van der Waals surface area (Å²) in [7, 11) is 1.25. The van der Waals surface area contributed by atoms with E-state index in [0.29, 0.717) is 0 Å². The number of hydrogen-bond donors (Lipinski definition) is 10. The maximum absolute atomic E-state index is 12.9. The predicted molar refractivity (Wildman–Crippen MR) is 168 cm³/mol. The van der Waals surface area contributed by atoms with E-state index in [4.69, 9.17) is 37.9 Å². The van der Waals surface area contributed by atoms with E-state index in [2.05, 4.69) is 10.6 Å². The summed E-state index contributed by atoms with van der Waals surface area (Å²) in [5.41, 5.74) is 0. The van der Waals surface area contributed by atoms with Gasteiger partial charge in [0.2, 0.25) is 11.8 Å². The van der Waals surface area contributed by atoms with Crippen molar-refractivity contribution >= 4 is 23.6 Å². The number of aliphatic hydroxyl groups is 7. The first-order valence-electron chi connectivity index (χ1n) is 16.9. The summed E-state index contributed by atoms with van der Waals surface area (Å²) in [5.74, 6) is -3.49. The lowest BCUT2D eigenvalue weighted by atomic mass is 9.93. The van der Waals surface area contributed by atoms with Gasteiger partial charge in [0, 0.05) is 27.4 Å². The van der Waals surface area contributed by atoms with Gasteiger partial charge in [0.1, 0.15) is 79.2 Å². The number of nitrogens with one attached hydrogen (secondary N) is 2. The Balaban J connectivity index is 1.59. The van der Waals surface area contributed by atoms with Crippen molar-refractivity contribution in [3.8, 4) is 0 Å². The molecule has 0 aromatic heterocycles. The first kappa shape index (κ1) is 43.2. The standard InChI is InChI=1S/C31H50N2O20/c1-9(36)23-14(48-30-17(32-11(3)37)24(46-5)20(41)15(7-34)49-30)6-13(39)29(51-23)52-25-18(33-12(4)38)31(50-16(8-35)21(25)42)53-26-22(43)19(40)10(2)47-27(26)28(44)45/h10,13-27,29-31,34-35,39-43H,6-8H2,1-5H3,(H,32,37)(H,33,38)(H,44,45). The van der Waals surface area contributed by atoms with Crippen LogP contribution in [0.3, 0.4) is 0 Å². The fourth-order valence-corrected chi connectivity index (χ4v) is 6.86. The van der Waals surface area contributed by atoms with Crippen molar-refractivity contribution in [2.24, 2.45) is 0 Å². The smallest absolute Gasteiger partial charge is 0.335 e. The molecule has 4 saturated heterocycles. The molecule has 0 aromatic carbocycles. The predicted octanol–water partition coefficient (Wildman–Crippen LogP) is -6.02. The molecule has 304 valence electrons. The lowest BCUT2D eigenvalue weighted by molar-refractivity contribution is -0.352. The number of aliphatic hydroxyl groups excluding tert-OH is 7. The molecular formula is C31H50N2O20. The second-order valence-electron chi connectivity index (χ2n) is 13.4. The number of carboxylic acids is 1. The average molecular weight is 771 g/mol. The minimum Gasteiger partial charge on any atom is -0.479 e. The van der Waals surface area contributed by atoms with Crippen LogP contribution in [-0.2, 0) is 57.1 Å². The third-order valence-corrected chi connectivity index (χ3v) is 9.49. The van der Waals surface area contributed by atoms with Gasteiger partial charge >= 0.3 is 5.97 Å². The van der Waals surface area contributed by atoms with E-state index in [-0.39, 0.29) is 0 Å². The summed E-state index contributed by atoms with van der Waals surface area (Å²) in [6.07, 6.45) is -26.8. The number of rotatable bonds is 13. The van der Waals surface area contributed by atoms with E-state index in [1.807, 2.05) is 0 Å². The fourth-order valence-electron chi connectivity index (χ4n) is 6.86. The van der Waals surface area contributed by atoms with E-state index in [9.17, 15) is 60.0 Å². The Kier molecular flexibility index (Phi) is 15.0. The van der Waals surface area contributed by atoms with Crippen molar-refractivity contribution in [3.05, 3.63) is 0 Å². The molecular weight excluding hydrogens is 720 g/mol. The minimum atomic E-state index is -1.84. The molecule has 0 spiro atoms. The largest absolute Gasteiger partial charge is 0.479 e. The number of carbonyl (C=O) groups is 4. The SMILES string of the molecule is COC1C(O)C(CO)OC(OC2CC(O)C(OC3C(O)C(CO)OC(OC4C(C(=O)O)OC(C)C(O)C4O)C3NC(C)=O)OC2C(C)=O)C1NC(C)=O. The lowest BCUT2D eigenvalue weighted by Crippen LogP contribution is -2.69. The third kappa shape index (κ3) is 9.66. The van der Waals surface area contributed by atoms with Crippen molar-refractivity contribution in [3.63, 3.8) is 0 Å². The first-order chi connectivity index (χ1) is 24.9. The molecule has 4 heterocycles. The van der Waals surface area contributed by atoms with Crippen LogP contribution in [-0.4, -0.2) is 201 Å². The normalized spacial score (nSPS) is 44.9. The van der Waals surface area contributed by atoms with Crippen molar-refractivity contribution in [1.82, 2.24) is 10.6 Å². The van der Waals surface area contributed by atoms with Gasteiger partial charge in [0.15, 0.2) is 30.8 Å². The molecule has 22 heteroatoms. The van der Waals surface area contributed by atoms with Crippen LogP contribution in [0, 0.1) is 0 Å². The maximum Gasteiger partial charge on any atom is 0.335 e. The number of carbonyl (C=O) groups excluding carboxylic acids is 3. The number of Topliss-reactive ketones (excluding diaryl/α,β-unsaturated/α-hetero) is 1. The molecule has 4 rings (SSSR count). The van der Waals surface area contributed by atoms with Crippen molar-refractivity contribution in [2.45, 2.75) is 151 Å². The Labute approximate surface area is 303 Å². The molecule has 2 amide bonds. The molecule has 19 unspecified atom stereocenters. The lowest BCUT2D eigenvalue weighted by Gasteiger charge is -2.49. The maximum atomic E-state index is 12.9. The highest BCUT2D eigenvalue weighted by molar-refractivity contribution is 5.81. The molecule has 0 aromatic rings. The number of amides is 2. The zero-order valence-corrected chi connectivity index (χ0v) is 29.6. The highest BCUT2D eigenvalue weighted by Crippen LogP contribution is 2.35. The highest BCUT2D eigenvalue weighted by Gasteiger charge is 2.55. The van der Waals surface area contributed by atoms with Crippen molar-refractivity contribution in [2.75, 3.05) is 20.3 Å². The van der Waals surface area contributed by atoms with Crippen LogP contribution in [0.5, 0.6) is 0 Å². The monoisotopic (exact) mass is 770 g/mol. The third-order valence-electron chi connectivity index (χ3n) is 9.49. The summed E-state index contributed by atoms with van der Waals surface area (Å²) in [6.45, 7) is 3.20. The summed E-state index contributed by atoms with van der Waals surface area (Å²) >= 11 is 0. The van der Waals surface area contributed by atoms with Gasteiger partial charge < -0.3 is 89.4 Å². The number of aliphatic carboxylic acids is 1. The zero-order valence-electron chi connectivity index (χ0n) is 29.6. The van der Waals surface area contributed by atoms with Crippen LogP contribution in [0.25, 0.3) is 0 Å². The van der Waals surface area contributed by atoms with Gasteiger partial charge in [0.25, 0.3) is 0 Å². The molecule has 10 N–H and O–H groups in total. The minimum absolute atomic E-state index is 0.402. The van der Waals surface area contributed by atoms with Crippen LogP contribution in [0.15, 0.2) is 0 Å². The van der Waals surface area contributed by atoms with Crippen molar-refractivity contribution < 1.29 is 97.9 Å². The summed E-state index contributed by atoms with van der Waals surface area (Å²) in [5, 5.41) is 88.9. The zero-order chi connectivity index (χ0) is 39.5. The Morgan fingerprint density at radius 2 is 1.17 bits per heavy atom. The molecule has 4 aliphatic heterocycles. The Morgan fingerprint density at radius 1 is 0.660 bits per heavy atom. The molecule has 4 fully saturated rings. The van der Waals surface area contributed by atoms with Gasteiger partial charge in [-0.15, -0.1) is 0 Å². The second kappa shape index (κ2) is 18.4.